The Morgan fingerprint density at radius 2 is 1.56 bits per heavy atom. The molecule has 1 fully saturated rings. The van der Waals surface area contributed by atoms with Gasteiger partial charge < -0.3 is 24.2 Å². The first kappa shape index (κ1) is 27.7. The zero-order valence-corrected chi connectivity index (χ0v) is 22.9. The van der Waals surface area contributed by atoms with Gasteiger partial charge >= 0.3 is 0 Å². The fourth-order valence-electron chi connectivity index (χ4n) is 4.85. The van der Waals surface area contributed by atoms with E-state index in [1.807, 2.05) is 61.5 Å². The summed E-state index contributed by atoms with van der Waals surface area (Å²) in [7, 11) is 1.53. The summed E-state index contributed by atoms with van der Waals surface area (Å²) in [5, 5.41) is 11.4. The molecule has 1 atom stereocenters. The fraction of sp³-hybridized carbons (Fsp3) is 0.176. The Labute approximate surface area is 239 Å². The Balaban J connectivity index is 1.45. The number of amides is 1. The number of hydrogen-bond donors (Lipinski definition) is 1. The lowest BCUT2D eigenvalue weighted by molar-refractivity contribution is -0.140. The predicted octanol–water partition coefficient (Wildman–Crippen LogP) is 6.43. The van der Waals surface area contributed by atoms with Crippen LogP contribution >= 0.6 is 0 Å². The Kier molecular flexibility index (Phi) is 8.46. The number of Topliss-reactive ketones (excluding diaryl/α,β-unsaturated/α-hetero) is 1. The lowest BCUT2D eigenvalue weighted by Crippen LogP contribution is -2.32. The zero-order valence-electron chi connectivity index (χ0n) is 22.9. The van der Waals surface area contributed by atoms with E-state index in [0.717, 1.165) is 11.1 Å². The second-order valence-electron chi connectivity index (χ2n) is 9.77. The molecule has 0 bridgehead atoms. The maximum Gasteiger partial charge on any atom is 0.295 e. The van der Waals surface area contributed by atoms with Gasteiger partial charge in [0, 0.05) is 19.2 Å². The average molecular weight is 550 g/mol. The van der Waals surface area contributed by atoms with Crippen LogP contribution < -0.4 is 9.47 Å². The van der Waals surface area contributed by atoms with Gasteiger partial charge in [0.2, 0.25) is 0 Å². The number of nitrogens with zero attached hydrogens (tertiary/aromatic N) is 1. The minimum atomic E-state index is -0.818. The van der Waals surface area contributed by atoms with Crippen molar-refractivity contribution in [3.63, 3.8) is 0 Å². The van der Waals surface area contributed by atoms with Crippen molar-refractivity contribution >= 4 is 17.4 Å². The Hall–Kier alpha value is -4.88. The van der Waals surface area contributed by atoms with Crippen LogP contribution in [0.1, 0.15) is 28.3 Å². The maximum atomic E-state index is 13.3. The maximum absolute atomic E-state index is 13.3. The first-order valence-corrected chi connectivity index (χ1v) is 13.3. The Morgan fingerprint density at radius 3 is 2.29 bits per heavy atom. The number of ether oxygens (including phenoxy) is 3. The van der Waals surface area contributed by atoms with Crippen molar-refractivity contribution in [3.8, 4) is 17.2 Å². The molecule has 5 rings (SSSR count). The van der Waals surface area contributed by atoms with Crippen molar-refractivity contribution in [2.24, 2.45) is 0 Å². The topological polar surface area (TPSA) is 85.3 Å². The lowest BCUT2D eigenvalue weighted by atomic mass is 9.95. The number of aliphatic hydroxyl groups excluding tert-OH is 1. The van der Waals surface area contributed by atoms with Crippen LogP contribution in [0, 0.1) is 6.92 Å². The highest BCUT2D eigenvalue weighted by Gasteiger charge is 2.46. The van der Waals surface area contributed by atoms with Gasteiger partial charge in [0.1, 0.15) is 29.6 Å². The number of benzene rings is 4. The summed E-state index contributed by atoms with van der Waals surface area (Å²) >= 11 is 0. The minimum absolute atomic E-state index is 0.0105. The summed E-state index contributed by atoms with van der Waals surface area (Å²) in [4.78, 5) is 27.9. The van der Waals surface area contributed by atoms with Gasteiger partial charge in [-0.3, -0.25) is 9.59 Å². The van der Waals surface area contributed by atoms with Gasteiger partial charge in [0.05, 0.1) is 18.2 Å². The number of carbonyl (C=O) groups excluding carboxylic acids is 2. The van der Waals surface area contributed by atoms with Crippen LogP contribution in [-0.4, -0.2) is 42.0 Å². The molecule has 1 unspecified atom stereocenters. The van der Waals surface area contributed by atoms with Crippen LogP contribution in [0.4, 0.5) is 0 Å². The van der Waals surface area contributed by atoms with E-state index in [2.05, 4.69) is 6.07 Å². The number of hydrogen-bond acceptors (Lipinski definition) is 6. The Bertz CT molecular complexity index is 1560. The van der Waals surface area contributed by atoms with Gasteiger partial charge in [-0.05, 0) is 66.6 Å². The third kappa shape index (κ3) is 6.31. The third-order valence-electron chi connectivity index (χ3n) is 6.84. The highest BCUT2D eigenvalue weighted by molar-refractivity contribution is 6.46. The molecule has 4 aromatic rings. The largest absolute Gasteiger partial charge is 0.507 e. The van der Waals surface area contributed by atoms with Crippen LogP contribution in [0.15, 0.2) is 109 Å². The molecule has 0 spiro atoms. The van der Waals surface area contributed by atoms with Crippen LogP contribution in [0.3, 0.4) is 0 Å². The van der Waals surface area contributed by atoms with E-state index in [4.69, 9.17) is 14.2 Å². The molecule has 1 N–H and O–H groups in total. The molecule has 0 radical (unpaired) electrons. The SMILES string of the molecule is COCCN1C(=O)C(=O)/C(=C(/O)c2ccc(OCc3cccc(C)c3)cc2)C1c1cccc(Oc2ccccc2)c1. The molecular formula is C34H31NO6. The van der Waals surface area contributed by atoms with Crippen molar-refractivity contribution in [2.75, 3.05) is 20.3 Å². The number of carbonyl (C=O) groups is 2. The van der Waals surface area contributed by atoms with E-state index in [1.165, 1.54) is 12.0 Å². The number of aryl methyl sites for hydroxylation is 1. The van der Waals surface area contributed by atoms with Crippen molar-refractivity contribution in [2.45, 2.75) is 19.6 Å². The number of rotatable bonds is 10. The van der Waals surface area contributed by atoms with Gasteiger partial charge in [-0.2, -0.15) is 0 Å². The minimum Gasteiger partial charge on any atom is -0.507 e. The average Bonchev–Trinajstić information content (AvgIpc) is 3.24. The van der Waals surface area contributed by atoms with Crippen LogP contribution in [0.5, 0.6) is 17.2 Å². The van der Waals surface area contributed by atoms with Gasteiger partial charge in [0.25, 0.3) is 11.7 Å². The highest BCUT2D eigenvalue weighted by atomic mass is 16.5. The molecule has 4 aromatic carbocycles. The predicted molar refractivity (Wildman–Crippen MR) is 156 cm³/mol. The van der Waals surface area contributed by atoms with Crippen molar-refractivity contribution in [3.05, 3.63) is 131 Å². The third-order valence-corrected chi connectivity index (χ3v) is 6.84. The van der Waals surface area contributed by atoms with E-state index in [9.17, 15) is 14.7 Å². The van der Waals surface area contributed by atoms with E-state index in [0.29, 0.717) is 35.0 Å². The Morgan fingerprint density at radius 1 is 0.829 bits per heavy atom. The molecular weight excluding hydrogens is 518 g/mol. The van der Waals surface area contributed by atoms with Gasteiger partial charge in [0.15, 0.2) is 0 Å². The van der Waals surface area contributed by atoms with Crippen LogP contribution in [0.25, 0.3) is 5.76 Å². The molecule has 0 saturated carbocycles. The van der Waals surface area contributed by atoms with Gasteiger partial charge in [-0.15, -0.1) is 0 Å². The molecule has 1 heterocycles. The van der Waals surface area contributed by atoms with Gasteiger partial charge in [-0.25, -0.2) is 0 Å². The molecule has 1 amide bonds. The molecule has 208 valence electrons. The number of ketones is 1. The van der Waals surface area contributed by atoms with Crippen LogP contribution in [0.2, 0.25) is 0 Å². The summed E-state index contributed by atoms with van der Waals surface area (Å²) in [6, 6.07) is 30.6. The molecule has 1 aliphatic rings. The molecule has 1 aliphatic heterocycles. The van der Waals surface area contributed by atoms with E-state index >= 15 is 0 Å². The molecule has 41 heavy (non-hydrogen) atoms. The fourth-order valence-corrected chi connectivity index (χ4v) is 4.85. The molecule has 0 aromatic heterocycles. The van der Waals surface area contributed by atoms with Crippen molar-refractivity contribution < 1.29 is 28.9 Å². The summed E-state index contributed by atoms with van der Waals surface area (Å²) in [5.41, 5.74) is 3.25. The first-order valence-electron chi connectivity index (χ1n) is 13.3. The quantitative estimate of drug-likeness (QED) is 0.139. The number of para-hydroxylation sites is 1. The standard InChI is InChI=1S/C34H31NO6/c1-23-8-6-9-24(20-23)22-40-27-16-14-25(15-17-27)32(36)30-31(35(18-19-39-2)34(38)33(30)37)26-10-7-13-29(21-26)41-28-11-4-3-5-12-28/h3-17,20-21,31,36H,18-19,22H2,1-2H3/b32-30+. The van der Waals surface area contributed by atoms with E-state index in [1.54, 1.807) is 42.5 Å². The first-order chi connectivity index (χ1) is 19.9. The van der Waals surface area contributed by atoms with Crippen molar-refractivity contribution in [1.29, 1.82) is 0 Å². The van der Waals surface area contributed by atoms with Crippen LogP contribution in [-0.2, 0) is 20.9 Å². The number of aliphatic hydroxyl groups is 1. The molecule has 0 aliphatic carbocycles. The lowest BCUT2D eigenvalue weighted by Gasteiger charge is -2.25. The van der Waals surface area contributed by atoms with Crippen molar-refractivity contribution in [1.82, 2.24) is 4.90 Å². The molecule has 7 heteroatoms. The summed E-state index contributed by atoms with van der Waals surface area (Å²) in [6.45, 7) is 2.84. The normalized spacial score (nSPS) is 16.1. The number of methoxy groups -OCH3 is 1. The van der Waals surface area contributed by atoms with Gasteiger partial charge in [-0.1, -0.05) is 60.2 Å². The van der Waals surface area contributed by atoms with E-state index < -0.39 is 17.7 Å². The second-order valence-corrected chi connectivity index (χ2v) is 9.77. The highest BCUT2D eigenvalue weighted by Crippen LogP contribution is 2.40. The zero-order chi connectivity index (χ0) is 28.8. The molecule has 7 nitrogen and oxygen atoms in total. The monoisotopic (exact) mass is 549 g/mol. The number of likely N-dealkylation sites (tertiary alicyclic amines) is 1. The van der Waals surface area contributed by atoms with E-state index in [-0.39, 0.29) is 24.5 Å². The summed E-state index contributed by atoms with van der Waals surface area (Å²) in [6.07, 6.45) is 0. The second kappa shape index (κ2) is 12.5. The summed E-state index contributed by atoms with van der Waals surface area (Å²) < 4.78 is 17.1. The molecule has 1 saturated heterocycles. The summed E-state index contributed by atoms with van der Waals surface area (Å²) in [5.74, 6) is 0.113. The smallest absolute Gasteiger partial charge is 0.295 e.